The van der Waals surface area contributed by atoms with Crippen molar-refractivity contribution >= 4 is 18.1 Å². The fourth-order valence-electron chi connectivity index (χ4n) is 4.48. The lowest BCUT2D eigenvalue weighted by Crippen LogP contribution is -2.44. The van der Waals surface area contributed by atoms with Crippen LogP contribution in [0.1, 0.15) is 41.7 Å². The largest absolute Gasteiger partial charge is 0.508 e. The number of phenolic OH excluding ortho intramolecular Hbond substituents is 1. The summed E-state index contributed by atoms with van der Waals surface area (Å²) in [4.78, 5) is 11.5. The molecule has 3 N–H and O–H groups in total. The number of benzene rings is 3. The van der Waals surface area contributed by atoms with Crippen LogP contribution in [0.4, 0.5) is 5.69 Å². The Balaban J connectivity index is 0.00000324. The molecule has 7 nitrogen and oxygen atoms in total. The van der Waals surface area contributed by atoms with E-state index >= 15 is 0 Å². The first kappa shape index (κ1) is 25.5. The molecule has 34 heavy (non-hydrogen) atoms. The summed E-state index contributed by atoms with van der Waals surface area (Å²) >= 11 is 0. The molecule has 3 aromatic carbocycles. The van der Waals surface area contributed by atoms with Crippen molar-refractivity contribution in [3.8, 4) is 11.5 Å². The molecule has 3 aromatic rings. The highest BCUT2D eigenvalue weighted by Crippen LogP contribution is 2.41. The van der Waals surface area contributed by atoms with Crippen LogP contribution in [0.25, 0.3) is 0 Å². The Kier molecular flexibility index (Phi) is 8.50. The number of hydrogen-bond donors (Lipinski definition) is 3. The van der Waals surface area contributed by atoms with Gasteiger partial charge in [0.25, 0.3) is 0 Å². The Morgan fingerprint density at radius 3 is 2.47 bits per heavy atom. The van der Waals surface area contributed by atoms with Gasteiger partial charge >= 0.3 is 5.69 Å². The Morgan fingerprint density at radius 2 is 1.79 bits per heavy atom. The summed E-state index contributed by atoms with van der Waals surface area (Å²) in [5.74, 6) is 0.453. The second-order valence-corrected chi connectivity index (χ2v) is 8.54. The van der Waals surface area contributed by atoms with Crippen molar-refractivity contribution in [2.24, 2.45) is 0 Å². The zero-order valence-corrected chi connectivity index (χ0v) is 19.7. The Hall–Kier alpha value is -3.13. The van der Waals surface area contributed by atoms with Crippen LogP contribution in [0, 0.1) is 10.1 Å². The number of ether oxygens (including phenoxy) is 1. The predicted molar refractivity (Wildman–Crippen MR) is 133 cm³/mol. The molecule has 1 aliphatic carbocycles. The monoisotopic (exact) mass is 484 g/mol. The fraction of sp³-hybridized carbons (Fsp3) is 0.308. The maximum Gasteiger partial charge on any atom is 0.314 e. The van der Waals surface area contributed by atoms with E-state index in [9.17, 15) is 20.3 Å². The zero-order chi connectivity index (χ0) is 23.4. The van der Waals surface area contributed by atoms with Crippen molar-refractivity contribution < 1.29 is 19.9 Å². The van der Waals surface area contributed by atoms with Gasteiger partial charge in [0.2, 0.25) is 0 Å². The molecule has 0 saturated carbocycles. The maximum absolute atomic E-state index is 11.9. The molecular formula is C26H29ClN2O5. The smallest absolute Gasteiger partial charge is 0.314 e. The maximum atomic E-state index is 11.9. The van der Waals surface area contributed by atoms with E-state index in [-0.39, 0.29) is 48.3 Å². The molecule has 0 bridgehead atoms. The summed E-state index contributed by atoms with van der Waals surface area (Å²) in [6.07, 6.45) is 0.951. The summed E-state index contributed by atoms with van der Waals surface area (Å²) in [5, 5.41) is 35.8. The van der Waals surface area contributed by atoms with E-state index < -0.39 is 11.0 Å². The molecule has 8 heteroatoms. The van der Waals surface area contributed by atoms with E-state index in [1.54, 1.807) is 24.3 Å². The number of nitrogens with zero attached hydrogens (tertiary/aromatic N) is 1. The minimum atomic E-state index is -0.849. The highest BCUT2D eigenvalue weighted by Gasteiger charge is 2.35. The van der Waals surface area contributed by atoms with Gasteiger partial charge in [0.1, 0.15) is 12.4 Å². The number of halogens is 1. The van der Waals surface area contributed by atoms with Crippen molar-refractivity contribution in [3.05, 3.63) is 99.1 Å². The summed E-state index contributed by atoms with van der Waals surface area (Å²) in [7, 11) is 0. The van der Waals surface area contributed by atoms with Crippen LogP contribution in [-0.2, 0) is 19.4 Å². The molecule has 1 aliphatic rings. The third-order valence-electron chi connectivity index (χ3n) is 6.08. The van der Waals surface area contributed by atoms with Crippen LogP contribution >= 0.6 is 12.4 Å². The number of aliphatic hydroxyl groups is 1. The number of rotatable bonds is 8. The molecule has 0 fully saturated rings. The number of nitro benzene ring substituents is 1. The standard InChI is InChI=1S/C26H28N2O5.ClH/c1-17(15-18-7-9-20(29)10-8-18)27-23-13-11-21-22(26(23)30)12-14-24(25(21)28(31)32)33-16-19-5-3-2-4-6-19;/h2-10,12,14,17,23,26-27,29-30H,11,13,15-16H2,1H3;1H. The highest BCUT2D eigenvalue weighted by atomic mass is 35.5. The van der Waals surface area contributed by atoms with Gasteiger partial charge in [0.05, 0.1) is 11.0 Å². The zero-order valence-electron chi connectivity index (χ0n) is 18.9. The third-order valence-corrected chi connectivity index (χ3v) is 6.08. The number of nitro groups is 1. The van der Waals surface area contributed by atoms with Gasteiger partial charge < -0.3 is 20.3 Å². The first-order chi connectivity index (χ1) is 15.9. The van der Waals surface area contributed by atoms with Gasteiger partial charge in [-0.15, -0.1) is 12.4 Å². The Labute approximate surface area is 205 Å². The lowest BCUT2D eigenvalue weighted by atomic mass is 9.84. The van der Waals surface area contributed by atoms with Crippen molar-refractivity contribution in [3.63, 3.8) is 0 Å². The summed E-state index contributed by atoms with van der Waals surface area (Å²) in [6.45, 7) is 2.28. The van der Waals surface area contributed by atoms with Gasteiger partial charge in [-0.2, -0.15) is 0 Å². The SMILES string of the molecule is CC(Cc1ccc(O)cc1)NC1CCc2c(ccc(OCc3ccccc3)c2[N+](=O)[O-])C1O.Cl. The second kappa shape index (κ2) is 11.3. The highest BCUT2D eigenvalue weighted by molar-refractivity contribution is 5.85. The average molecular weight is 485 g/mol. The summed E-state index contributed by atoms with van der Waals surface area (Å²) < 4.78 is 5.80. The topological polar surface area (TPSA) is 105 Å². The third kappa shape index (κ3) is 5.86. The molecule has 0 radical (unpaired) electrons. The number of aliphatic hydroxyl groups excluding tert-OH is 1. The summed E-state index contributed by atoms with van der Waals surface area (Å²) in [5.41, 5.74) is 3.07. The van der Waals surface area contributed by atoms with E-state index in [0.717, 1.165) is 17.5 Å². The van der Waals surface area contributed by atoms with E-state index in [1.807, 2.05) is 49.4 Å². The van der Waals surface area contributed by atoms with Gasteiger partial charge in [-0.05, 0) is 61.1 Å². The molecule has 0 amide bonds. The molecule has 0 heterocycles. The van der Waals surface area contributed by atoms with E-state index in [4.69, 9.17) is 4.74 Å². The second-order valence-electron chi connectivity index (χ2n) is 8.54. The van der Waals surface area contributed by atoms with Crippen LogP contribution in [0.2, 0.25) is 0 Å². The molecule has 3 atom stereocenters. The van der Waals surface area contributed by atoms with Gasteiger partial charge in [-0.1, -0.05) is 48.5 Å². The number of nitrogens with one attached hydrogen (secondary N) is 1. The number of phenols is 1. The van der Waals surface area contributed by atoms with E-state index in [2.05, 4.69) is 5.32 Å². The molecule has 180 valence electrons. The molecular weight excluding hydrogens is 456 g/mol. The van der Waals surface area contributed by atoms with Crippen molar-refractivity contribution in [2.45, 2.75) is 51.0 Å². The van der Waals surface area contributed by atoms with Crippen LogP contribution in [0.5, 0.6) is 11.5 Å². The van der Waals surface area contributed by atoms with E-state index in [0.29, 0.717) is 24.0 Å². The van der Waals surface area contributed by atoms with Gasteiger partial charge in [0, 0.05) is 17.6 Å². The van der Waals surface area contributed by atoms with Gasteiger partial charge in [0.15, 0.2) is 5.75 Å². The lowest BCUT2D eigenvalue weighted by Gasteiger charge is -2.33. The van der Waals surface area contributed by atoms with Crippen molar-refractivity contribution in [1.82, 2.24) is 5.32 Å². The molecule has 3 unspecified atom stereocenters. The minimum Gasteiger partial charge on any atom is -0.508 e. The van der Waals surface area contributed by atoms with Gasteiger partial charge in [-0.25, -0.2) is 0 Å². The molecule has 0 saturated heterocycles. The molecule has 0 aliphatic heterocycles. The van der Waals surface area contributed by atoms with E-state index in [1.165, 1.54) is 0 Å². The summed E-state index contributed by atoms with van der Waals surface area (Å²) in [6, 6.07) is 19.8. The Bertz CT molecular complexity index is 1110. The average Bonchev–Trinajstić information content (AvgIpc) is 2.81. The lowest BCUT2D eigenvalue weighted by molar-refractivity contribution is -0.386. The molecule has 0 spiro atoms. The van der Waals surface area contributed by atoms with Crippen LogP contribution in [0.3, 0.4) is 0 Å². The van der Waals surface area contributed by atoms with Crippen LogP contribution in [0.15, 0.2) is 66.7 Å². The number of hydrogen-bond acceptors (Lipinski definition) is 6. The minimum absolute atomic E-state index is 0. The first-order valence-electron chi connectivity index (χ1n) is 11.1. The Morgan fingerprint density at radius 1 is 1.09 bits per heavy atom. The predicted octanol–water partition coefficient (Wildman–Crippen LogP) is 4.87. The molecule has 4 rings (SSSR count). The normalized spacial score (nSPS) is 17.8. The number of aromatic hydroxyl groups is 1. The quantitative estimate of drug-likeness (QED) is 0.311. The van der Waals surface area contributed by atoms with Crippen LogP contribution < -0.4 is 10.1 Å². The molecule has 0 aromatic heterocycles. The van der Waals surface area contributed by atoms with Crippen LogP contribution in [-0.4, -0.2) is 27.2 Å². The first-order valence-corrected chi connectivity index (χ1v) is 11.1. The van der Waals surface area contributed by atoms with Crippen molar-refractivity contribution in [2.75, 3.05) is 0 Å². The fourth-order valence-corrected chi connectivity index (χ4v) is 4.48. The van der Waals surface area contributed by atoms with Gasteiger partial charge in [-0.3, -0.25) is 10.1 Å². The number of fused-ring (bicyclic) bond motifs is 1. The van der Waals surface area contributed by atoms with Crippen molar-refractivity contribution in [1.29, 1.82) is 0 Å².